The summed E-state index contributed by atoms with van der Waals surface area (Å²) in [5, 5.41) is 0. The van der Waals surface area contributed by atoms with Gasteiger partial charge in [0.25, 0.3) is 0 Å². The average molecular weight is 357 g/mol. The second-order valence-corrected chi connectivity index (χ2v) is 6.86. The minimum Gasteiger partial charge on any atom is -0.436 e. The number of aryl methyl sites for hydroxylation is 1. The van der Waals surface area contributed by atoms with E-state index in [1.807, 2.05) is 38.1 Å². The number of nitrogens with zero attached hydrogens (tertiary/aromatic N) is 1. The number of benzene rings is 1. The number of fused-ring (bicyclic) bond motifs is 3. The molecular weight excluding hydrogens is 334 g/mol. The van der Waals surface area contributed by atoms with Gasteiger partial charge in [-0.3, -0.25) is 4.79 Å². The standard InChI is InChI=1S/C20H23NO5/c1-5-25-16-10-14-12(9-13(16)18(22)20(14,23-3)24-4)19-21-15-7-6-11(2)8-17(15)26-19/h6-9,13-14,16H,5,10H2,1-4H3/t13-,14-,16-/m1/s1. The van der Waals surface area contributed by atoms with Crippen LogP contribution >= 0.6 is 0 Å². The fraction of sp³-hybridized carbons (Fsp3) is 0.500. The summed E-state index contributed by atoms with van der Waals surface area (Å²) in [6.45, 7) is 4.50. The van der Waals surface area contributed by atoms with Gasteiger partial charge in [-0.15, -0.1) is 0 Å². The van der Waals surface area contributed by atoms with Gasteiger partial charge in [-0.2, -0.15) is 0 Å². The van der Waals surface area contributed by atoms with Crippen LogP contribution in [0, 0.1) is 18.8 Å². The molecule has 3 aliphatic rings. The lowest BCUT2D eigenvalue weighted by atomic mass is 9.65. The fourth-order valence-electron chi connectivity index (χ4n) is 4.26. The Labute approximate surface area is 152 Å². The predicted molar refractivity (Wildman–Crippen MR) is 95.5 cm³/mol. The first-order valence-electron chi connectivity index (χ1n) is 8.89. The number of Topliss-reactive ketones (excluding diaryl/α,β-unsaturated/α-hetero) is 1. The lowest BCUT2D eigenvalue weighted by Gasteiger charge is -2.49. The highest BCUT2D eigenvalue weighted by Crippen LogP contribution is 2.51. The molecule has 26 heavy (non-hydrogen) atoms. The van der Waals surface area contributed by atoms with Crippen molar-refractivity contribution in [1.82, 2.24) is 4.98 Å². The van der Waals surface area contributed by atoms with Crippen LogP contribution < -0.4 is 0 Å². The van der Waals surface area contributed by atoms with E-state index >= 15 is 0 Å². The fourth-order valence-corrected chi connectivity index (χ4v) is 4.26. The van der Waals surface area contributed by atoms with Crippen LogP contribution in [0.3, 0.4) is 0 Å². The molecule has 1 fully saturated rings. The summed E-state index contributed by atoms with van der Waals surface area (Å²) >= 11 is 0. The molecule has 0 amide bonds. The maximum absolute atomic E-state index is 13.0. The molecule has 1 heterocycles. The third-order valence-electron chi connectivity index (χ3n) is 5.49. The number of ether oxygens (including phenoxy) is 3. The van der Waals surface area contributed by atoms with Gasteiger partial charge in [0.1, 0.15) is 5.52 Å². The molecule has 0 saturated heterocycles. The molecule has 2 bridgehead atoms. The van der Waals surface area contributed by atoms with Crippen molar-refractivity contribution in [2.45, 2.75) is 32.2 Å². The van der Waals surface area contributed by atoms with Crippen LogP contribution in [-0.4, -0.2) is 43.5 Å². The molecular formula is C20H23NO5. The number of carbonyl (C=O) groups excluding carboxylic acids is 1. The maximum atomic E-state index is 13.0. The second kappa shape index (κ2) is 6.30. The van der Waals surface area contributed by atoms with Crippen LogP contribution in [-0.2, 0) is 19.0 Å². The van der Waals surface area contributed by atoms with Crippen LogP contribution in [0.5, 0.6) is 0 Å². The van der Waals surface area contributed by atoms with Gasteiger partial charge in [0, 0.05) is 26.4 Å². The number of methoxy groups -OCH3 is 2. The summed E-state index contributed by atoms with van der Waals surface area (Å²) in [4.78, 5) is 17.7. The van der Waals surface area contributed by atoms with Crippen molar-refractivity contribution in [3.05, 3.63) is 35.7 Å². The highest BCUT2D eigenvalue weighted by Gasteiger charge is 2.61. The molecule has 3 atom stereocenters. The van der Waals surface area contributed by atoms with Crippen LogP contribution in [0.2, 0.25) is 0 Å². The number of hydrogen-bond donors (Lipinski definition) is 0. The lowest BCUT2D eigenvalue weighted by Crippen LogP contribution is -2.62. The third-order valence-corrected chi connectivity index (χ3v) is 5.49. The van der Waals surface area contributed by atoms with E-state index in [1.165, 1.54) is 14.2 Å². The molecule has 138 valence electrons. The van der Waals surface area contributed by atoms with E-state index in [-0.39, 0.29) is 17.8 Å². The molecule has 0 spiro atoms. The van der Waals surface area contributed by atoms with Crippen LogP contribution in [0.15, 0.2) is 28.7 Å². The molecule has 2 aromatic rings. The Balaban J connectivity index is 1.83. The molecule has 1 aromatic carbocycles. The Hall–Kier alpha value is -2.02. The zero-order valence-corrected chi connectivity index (χ0v) is 15.4. The quantitative estimate of drug-likeness (QED) is 0.766. The number of ketones is 1. The molecule has 5 rings (SSSR count). The van der Waals surface area contributed by atoms with Crippen molar-refractivity contribution in [3.63, 3.8) is 0 Å². The van der Waals surface area contributed by atoms with Crippen molar-refractivity contribution in [2.75, 3.05) is 20.8 Å². The van der Waals surface area contributed by atoms with Crippen LogP contribution in [0.4, 0.5) is 0 Å². The van der Waals surface area contributed by atoms with Gasteiger partial charge < -0.3 is 18.6 Å². The zero-order valence-electron chi connectivity index (χ0n) is 15.4. The molecule has 0 N–H and O–H groups in total. The molecule has 6 heteroatoms. The Morgan fingerprint density at radius 2 is 2.08 bits per heavy atom. The van der Waals surface area contributed by atoms with Gasteiger partial charge >= 0.3 is 0 Å². The molecule has 1 saturated carbocycles. The first kappa shape index (κ1) is 17.4. The minimum atomic E-state index is -1.32. The van der Waals surface area contributed by atoms with Crippen molar-refractivity contribution in [3.8, 4) is 0 Å². The zero-order chi connectivity index (χ0) is 18.5. The first-order valence-corrected chi connectivity index (χ1v) is 8.89. The Bertz CT molecular complexity index is 879. The largest absolute Gasteiger partial charge is 0.436 e. The maximum Gasteiger partial charge on any atom is 0.236 e. The van der Waals surface area contributed by atoms with Crippen molar-refractivity contribution in [2.24, 2.45) is 11.8 Å². The van der Waals surface area contributed by atoms with Gasteiger partial charge in [-0.25, -0.2) is 4.98 Å². The van der Waals surface area contributed by atoms with E-state index in [0.29, 0.717) is 18.9 Å². The van der Waals surface area contributed by atoms with Crippen LogP contribution in [0.25, 0.3) is 16.7 Å². The average Bonchev–Trinajstić information content (AvgIpc) is 3.06. The third kappa shape index (κ3) is 2.36. The minimum absolute atomic E-state index is 0.104. The Kier molecular flexibility index (Phi) is 4.22. The van der Waals surface area contributed by atoms with Gasteiger partial charge in [0.15, 0.2) is 5.58 Å². The lowest BCUT2D eigenvalue weighted by molar-refractivity contribution is -0.243. The molecule has 1 aromatic heterocycles. The summed E-state index contributed by atoms with van der Waals surface area (Å²) < 4.78 is 23.0. The monoisotopic (exact) mass is 357 g/mol. The van der Waals surface area contributed by atoms with E-state index < -0.39 is 11.7 Å². The van der Waals surface area contributed by atoms with E-state index in [4.69, 9.17) is 18.6 Å². The highest BCUT2D eigenvalue weighted by molar-refractivity contribution is 5.98. The number of hydrogen-bond acceptors (Lipinski definition) is 6. The van der Waals surface area contributed by atoms with Gasteiger partial charge in [-0.1, -0.05) is 12.1 Å². The topological polar surface area (TPSA) is 70.8 Å². The van der Waals surface area contributed by atoms with Gasteiger partial charge in [0.05, 0.1) is 17.9 Å². The van der Waals surface area contributed by atoms with Crippen LogP contribution in [0.1, 0.15) is 24.8 Å². The van der Waals surface area contributed by atoms with E-state index in [1.54, 1.807) is 0 Å². The smallest absolute Gasteiger partial charge is 0.236 e. The van der Waals surface area contributed by atoms with E-state index in [9.17, 15) is 4.79 Å². The number of oxazole rings is 1. The molecule has 0 aliphatic heterocycles. The number of carbonyl (C=O) groups is 1. The number of aromatic nitrogens is 1. The molecule has 3 aliphatic carbocycles. The van der Waals surface area contributed by atoms with Crippen molar-refractivity contribution >= 4 is 22.5 Å². The second-order valence-electron chi connectivity index (χ2n) is 6.86. The van der Waals surface area contributed by atoms with Gasteiger partial charge in [0.2, 0.25) is 17.5 Å². The summed E-state index contributed by atoms with van der Waals surface area (Å²) in [5.74, 6) is -1.68. The van der Waals surface area contributed by atoms with Crippen molar-refractivity contribution < 1.29 is 23.4 Å². The number of rotatable bonds is 5. The Morgan fingerprint density at radius 3 is 2.77 bits per heavy atom. The molecule has 0 unspecified atom stereocenters. The normalized spacial score (nSPS) is 27.2. The highest BCUT2D eigenvalue weighted by atomic mass is 16.7. The predicted octanol–water partition coefficient (Wildman–Crippen LogP) is 3.13. The first-order chi connectivity index (χ1) is 12.5. The summed E-state index contributed by atoms with van der Waals surface area (Å²) in [7, 11) is 3.01. The summed E-state index contributed by atoms with van der Waals surface area (Å²) in [6, 6.07) is 5.90. The molecule has 6 nitrogen and oxygen atoms in total. The SMILES string of the molecule is CCO[C@@H]1C[C@@H]2C(c3nc4ccc(C)cc4o3)=C[C@H]1C(=O)C2(OC)OC. The van der Waals surface area contributed by atoms with Gasteiger partial charge in [-0.05, 0) is 38.0 Å². The van der Waals surface area contributed by atoms with E-state index in [2.05, 4.69) is 4.98 Å². The summed E-state index contributed by atoms with van der Waals surface area (Å²) in [5.41, 5.74) is 3.48. The van der Waals surface area contributed by atoms with E-state index in [0.717, 1.165) is 22.2 Å². The molecule has 0 radical (unpaired) electrons. The summed E-state index contributed by atoms with van der Waals surface area (Å²) in [6.07, 6.45) is 2.37. The van der Waals surface area contributed by atoms with Crippen molar-refractivity contribution in [1.29, 1.82) is 0 Å². The Morgan fingerprint density at radius 1 is 1.31 bits per heavy atom.